The third-order valence-electron chi connectivity index (χ3n) is 1.74. The van der Waals surface area contributed by atoms with Gasteiger partial charge >= 0.3 is 0 Å². The van der Waals surface area contributed by atoms with E-state index in [-0.39, 0.29) is 12.6 Å². The van der Waals surface area contributed by atoms with Crippen molar-refractivity contribution in [1.29, 1.82) is 0 Å². The number of hydrogen-bond acceptors (Lipinski definition) is 4. The number of aliphatic hydroxyl groups is 1. The van der Waals surface area contributed by atoms with Crippen LogP contribution in [0.3, 0.4) is 0 Å². The molecule has 1 aromatic rings. The minimum Gasteiger partial charge on any atom is -0.395 e. The molecule has 4 heteroatoms. The Morgan fingerprint density at radius 3 is 2.77 bits per heavy atom. The number of aryl methyl sites for hydroxylation is 1. The van der Waals surface area contributed by atoms with Crippen molar-refractivity contribution in [3.8, 4) is 0 Å². The van der Waals surface area contributed by atoms with E-state index >= 15 is 0 Å². The molecule has 0 bridgehead atoms. The summed E-state index contributed by atoms with van der Waals surface area (Å²) in [4.78, 5) is 8.30. The lowest BCUT2D eigenvalue weighted by molar-refractivity contribution is 0.250. The van der Waals surface area contributed by atoms with E-state index in [1.54, 1.807) is 12.4 Å². The zero-order valence-corrected chi connectivity index (χ0v) is 7.99. The summed E-state index contributed by atoms with van der Waals surface area (Å²) in [6.45, 7) is 4.61. The van der Waals surface area contributed by atoms with Crippen LogP contribution in [0.1, 0.15) is 18.3 Å². The van der Waals surface area contributed by atoms with Crippen molar-refractivity contribution in [3.05, 3.63) is 23.8 Å². The summed E-state index contributed by atoms with van der Waals surface area (Å²) in [6, 6.07) is 0.100. The lowest BCUT2D eigenvalue weighted by atomic mass is 10.3. The van der Waals surface area contributed by atoms with Gasteiger partial charge in [-0.1, -0.05) is 0 Å². The Morgan fingerprint density at radius 1 is 1.46 bits per heavy atom. The number of hydrogen-bond donors (Lipinski definition) is 2. The lowest BCUT2D eigenvalue weighted by Crippen LogP contribution is -2.29. The molecule has 2 N–H and O–H groups in total. The normalized spacial score (nSPS) is 12.8. The van der Waals surface area contributed by atoms with Crippen LogP contribution in [0.2, 0.25) is 0 Å². The average molecular weight is 181 g/mol. The third-order valence-corrected chi connectivity index (χ3v) is 1.74. The zero-order chi connectivity index (χ0) is 9.68. The average Bonchev–Trinajstić information content (AvgIpc) is 2.16. The highest BCUT2D eigenvalue weighted by Gasteiger charge is 1.99. The van der Waals surface area contributed by atoms with Gasteiger partial charge < -0.3 is 10.4 Å². The molecular formula is C9H15N3O. The predicted molar refractivity (Wildman–Crippen MR) is 50.2 cm³/mol. The Bertz CT molecular complexity index is 248. The van der Waals surface area contributed by atoms with E-state index in [1.165, 1.54) is 0 Å². The summed E-state index contributed by atoms with van der Waals surface area (Å²) in [6.07, 6.45) is 3.48. The van der Waals surface area contributed by atoms with Crippen LogP contribution in [0.5, 0.6) is 0 Å². The topological polar surface area (TPSA) is 58.0 Å². The molecule has 0 saturated carbocycles. The van der Waals surface area contributed by atoms with Gasteiger partial charge in [-0.15, -0.1) is 0 Å². The maximum Gasteiger partial charge on any atom is 0.0724 e. The number of aliphatic hydroxyl groups excluding tert-OH is 1. The number of rotatable bonds is 4. The molecule has 0 saturated heterocycles. The first-order valence-electron chi connectivity index (χ1n) is 4.34. The van der Waals surface area contributed by atoms with Crippen LogP contribution in [-0.4, -0.2) is 27.7 Å². The molecule has 0 aliphatic heterocycles. The molecule has 1 aromatic heterocycles. The van der Waals surface area contributed by atoms with Crippen molar-refractivity contribution < 1.29 is 5.11 Å². The van der Waals surface area contributed by atoms with Crippen LogP contribution in [0.4, 0.5) is 0 Å². The predicted octanol–water partition coefficient (Wildman–Crippen LogP) is 0.255. The number of nitrogens with one attached hydrogen (secondary N) is 1. The van der Waals surface area contributed by atoms with E-state index < -0.39 is 0 Å². The summed E-state index contributed by atoms with van der Waals surface area (Å²) >= 11 is 0. The van der Waals surface area contributed by atoms with Crippen LogP contribution >= 0.6 is 0 Å². The highest BCUT2D eigenvalue weighted by molar-refractivity contribution is 5.00. The summed E-state index contributed by atoms with van der Waals surface area (Å²) in [5.74, 6) is 0. The fourth-order valence-electron chi connectivity index (χ4n) is 0.854. The van der Waals surface area contributed by atoms with Crippen LogP contribution < -0.4 is 5.32 Å². The van der Waals surface area contributed by atoms with Crippen LogP contribution in [0.25, 0.3) is 0 Å². The molecule has 1 rings (SSSR count). The largest absolute Gasteiger partial charge is 0.395 e. The molecule has 72 valence electrons. The Labute approximate surface area is 78.0 Å². The molecule has 0 aromatic carbocycles. The highest BCUT2D eigenvalue weighted by atomic mass is 16.3. The second-order valence-corrected chi connectivity index (χ2v) is 3.11. The first-order valence-corrected chi connectivity index (χ1v) is 4.34. The third kappa shape index (κ3) is 3.48. The Hall–Kier alpha value is -1.00. The first-order chi connectivity index (χ1) is 6.22. The molecule has 1 atom stereocenters. The van der Waals surface area contributed by atoms with Crippen molar-refractivity contribution in [1.82, 2.24) is 15.3 Å². The SMILES string of the molecule is Cc1cnc(CNC(C)CO)cn1. The van der Waals surface area contributed by atoms with Gasteiger partial charge in [0, 0.05) is 25.0 Å². The van der Waals surface area contributed by atoms with Crippen LogP contribution in [0.15, 0.2) is 12.4 Å². The van der Waals surface area contributed by atoms with Gasteiger partial charge in [-0.3, -0.25) is 9.97 Å². The lowest BCUT2D eigenvalue weighted by Gasteiger charge is -2.09. The van der Waals surface area contributed by atoms with Gasteiger partial charge in [-0.25, -0.2) is 0 Å². The Morgan fingerprint density at radius 2 is 2.23 bits per heavy atom. The smallest absolute Gasteiger partial charge is 0.0724 e. The molecule has 0 aliphatic rings. The highest BCUT2D eigenvalue weighted by Crippen LogP contribution is 1.93. The first kappa shape index (κ1) is 10.1. The molecule has 0 aliphatic carbocycles. The fraction of sp³-hybridized carbons (Fsp3) is 0.556. The molecule has 1 unspecified atom stereocenters. The van der Waals surface area contributed by atoms with Crippen molar-refractivity contribution >= 4 is 0 Å². The molecule has 0 radical (unpaired) electrons. The summed E-state index contributed by atoms with van der Waals surface area (Å²) in [7, 11) is 0. The van der Waals surface area contributed by atoms with E-state index in [4.69, 9.17) is 5.11 Å². The van der Waals surface area contributed by atoms with Crippen molar-refractivity contribution in [2.24, 2.45) is 0 Å². The van der Waals surface area contributed by atoms with Crippen LogP contribution in [0, 0.1) is 6.92 Å². The van der Waals surface area contributed by atoms with Gasteiger partial charge in [0.25, 0.3) is 0 Å². The van der Waals surface area contributed by atoms with Gasteiger partial charge in [-0.2, -0.15) is 0 Å². The van der Waals surface area contributed by atoms with E-state index in [2.05, 4.69) is 15.3 Å². The fourth-order valence-corrected chi connectivity index (χ4v) is 0.854. The van der Waals surface area contributed by atoms with E-state index in [9.17, 15) is 0 Å². The molecular weight excluding hydrogens is 166 g/mol. The van der Waals surface area contributed by atoms with Crippen LogP contribution in [-0.2, 0) is 6.54 Å². The second kappa shape index (κ2) is 4.89. The molecule has 4 nitrogen and oxygen atoms in total. The van der Waals surface area contributed by atoms with Gasteiger partial charge in [-0.05, 0) is 13.8 Å². The monoisotopic (exact) mass is 181 g/mol. The van der Waals surface area contributed by atoms with E-state index in [1.807, 2.05) is 13.8 Å². The molecule has 13 heavy (non-hydrogen) atoms. The Balaban J connectivity index is 2.41. The van der Waals surface area contributed by atoms with Gasteiger partial charge in [0.05, 0.1) is 18.0 Å². The van der Waals surface area contributed by atoms with E-state index in [0.717, 1.165) is 11.4 Å². The molecule has 0 amide bonds. The van der Waals surface area contributed by atoms with Crippen molar-refractivity contribution in [2.75, 3.05) is 6.61 Å². The minimum atomic E-state index is 0.100. The van der Waals surface area contributed by atoms with Crippen molar-refractivity contribution in [3.63, 3.8) is 0 Å². The molecule has 0 spiro atoms. The van der Waals surface area contributed by atoms with Gasteiger partial charge in [0.1, 0.15) is 0 Å². The standard InChI is InChI=1S/C9H15N3O/c1-7-3-12-9(4-10-7)5-11-8(2)6-13/h3-4,8,11,13H,5-6H2,1-2H3. The van der Waals surface area contributed by atoms with Crippen molar-refractivity contribution in [2.45, 2.75) is 26.4 Å². The molecule has 0 fully saturated rings. The Kier molecular flexibility index (Phi) is 3.79. The summed E-state index contributed by atoms with van der Waals surface area (Å²) in [5.41, 5.74) is 1.81. The van der Waals surface area contributed by atoms with Gasteiger partial charge in [0.2, 0.25) is 0 Å². The zero-order valence-electron chi connectivity index (χ0n) is 7.99. The van der Waals surface area contributed by atoms with E-state index in [0.29, 0.717) is 6.54 Å². The quantitative estimate of drug-likeness (QED) is 0.699. The number of nitrogens with zero attached hydrogens (tertiary/aromatic N) is 2. The second-order valence-electron chi connectivity index (χ2n) is 3.11. The maximum absolute atomic E-state index is 8.76. The summed E-state index contributed by atoms with van der Waals surface area (Å²) < 4.78 is 0. The summed E-state index contributed by atoms with van der Waals surface area (Å²) in [5, 5.41) is 11.9. The van der Waals surface area contributed by atoms with Gasteiger partial charge in [0.15, 0.2) is 0 Å². The maximum atomic E-state index is 8.76. The number of aromatic nitrogens is 2. The minimum absolute atomic E-state index is 0.100. The molecule has 1 heterocycles.